The predicted octanol–water partition coefficient (Wildman–Crippen LogP) is 3.20. The van der Waals surface area contributed by atoms with Crippen molar-refractivity contribution in [3.8, 4) is 5.75 Å². The lowest BCUT2D eigenvalue weighted by molar-refractivity contribution is -0.121. The van der Waals surface area contributed by atoms with Gasteiger partial charge in [0.15, 0.2) is 11.7 Å². The van der Waals surface area contributed by atoms with Gasteiger partial charge < -0.3 is 10.1 Å². The molecule has 1 amide bonds. The quantitative estimate of drug-likeness (QED) is 0.851. The number of benzene rings is 2. The molecule has 0 aliphatic heterocycles. The average Bonchev–Trinajstić information content (AvgIpc) is 2.49. The SMILES string of the molecule is Cc1ccc(NC(=S)NC(=O)COc2ccc(C)cc2)cc1. The van der Waals surface area contributed by atoms with E-state index in [2.05, 4.69) is 10.6 Å². The van der Waals surface area contributed by atoms with Crippen LogP contribution in [0, 0.1) is 13.8 Å². The summed E-state index contributed by atoms with van der Waals surface area (Å²) >= 11 is 5.09. The third-order valence-electron chi connectivity index (χ3n) is 2.95. The highest BCUT2D eigenvalue weighted by Gasteiger charge is 2.06. The van der Waals surface area contributed by atoms with Crippen LogP contribution in [0.4, 0.5) is 5.69 Å². The molecule has 0 bridgehead atoms. The number of rotatable bonds is 4. The van der Waals surface area contributed by atoms with E-state index in [0.717, 1.165) is 16.8 Å². The Morgan fingerprint density at radius 3 is 2.14 bits per heavy atom. The number of thiocarbonyl (C=S) groups is 1. The maximum absolute atomic E-state index is 11.8. The fourth-order valence-corrected chi connectivity index (χ4v) is 1.98. The van der Waals surface area contributed by atoms with Gasteiger partial charge in [0.1, 0.15) is 5.75 Å². The Labute approximate surface area is 135 Å². The summed E-state index contributed by atoms with van der Waals surface area (Å²) in [5.41, 5.74) is 3.13. The van der Waals surface area contributed by atoms with E-state index in [-0.39, 0.29) is 17.6 Å². The molecule has 0 spiro atoms. The van der Waals surface area contributed by atoms with Gasteiger partial charge in [0.05, 0.1) is 0 Å². The van der Waals surface area contributed by atoms with Crippen molar-refractivity contribution in [3.63, 3.8) is 0 Å². The molecule has 0 aliphatic rings. The van der Waals surface area contributed by atoms with Crippen molar-refractivity contribution in [2.75, 3.05) is 11.9 Å². The average molecular weight is 314 g/mol. The molecule has 0 aromatic heterocycles. The first-order valence-electron chi connectivity index (χ1n) is 6.90. The summed E-state index contributed by atoms with van der Waals surface area (Å²) in [6.07, 6.45) is 0. The number of anilines is 1. The largest absolute Gasteiger partial charge is 0.484 e. The highest BCUT2D eigenvalue weighted by molar-refractivity contribution is 7.80. The molecule has 2 aromatic rings. The molecular weight excluding hydrogens is 296 g/mol. The van der Waals surface area contributed by atoms with E-state index in [1.165, 1.54) is 0 Å². The molecule has 0 atom stereocenters. The van der Waals surface area contributed by atoms with Crippen LogP contribution in [0.25, 0.3) is 0 Å². The molecule has 2 aromatic carbocycles. The maximum Gasteiger partial charge on any atom is 0.264 e. The molecule has 0 saturated heterocycles. The normalized spacial score (nSPS) is 9.91. The standard InChI is InChI=1S/C17H18N2O2S/c1-12-3-7-14(8-4-12)18-17(22)19-16(20)11-21-15-9-5-13(2)6-10-15/h3-10H,11H2,1-2H3,(H2,18,19,20,22). The van der Waals surface area contributed by atoms with Crippen molar-refractivity contribution in [1.82, 2.24) is 5.32 Å². The minimum Gasteiger partial charge on any atom is -0.484 e. The lowest BCUT2D eigenvalue weighted by atomic mass is 10.2. The van der Waals surface area contributed by atoms with Gasteiger partial charge in [0, 0.05) is 5.69 Å². The molecule has 0 heterocycles. The van der Waals surface area contributed by atoms with Crippen molar-refractivity contribution in [3.05, 3.63) is 59.7 Å². The van der Waals surface area contributed by atoms with Gasteiger partial charge in [-0.2, -0.15) is 0 Å². The second-order valence-corrected chi connectivity index (χ2v) is 5.38. The lowest BCUT2D eigenvalue weighted by Gasteiger charge is -2.10. The van der Waals surface area contributed by atoms with Crippen LogP contribution in [0.2, 0.25) is 0 Å². The minimum absolute atomic E-state index is 0.0845. The summed E-state index contributed by atoms with van der Waals surface area (Å²) in [4.78, 5) is 11.8. The fourth-order valence-electron chi connectivity index (χ4n) is 1.75. The Bertz CT molecular complexity index is 651. The highest BCUT2D eigenvalue weighted by Crippen LogP contribution is 2.11. The zero-order chi connectivity index (χ0) is 15.9. The summed E-state index contributed by atoms with van der Waals surface area (Å²) < 4.78 is 5.39. The van der Waals surface area contributed by atoms with Crippen LogP contribution in [0.1, 0.15) is 11.1 Å². The number of amides is 1. The third-order valence-corrected chi connectivity index (χ3v) is 3.16. The van der Waals surface area contributed by atoms with Crippen molar-refractivity contribution >= 4 is 28.9 Å². The number of hydrogen-bond acceptors (Lipinski definition) is 3. The van der Waals surface area contributed by atoms with E-state index in [9.17, 15) is 4.79 Å². The molecule has 0 saturated carbocycles. The van der Waals surface area contributed by atoms with Crippen molar-refractivity contribution in [2.24, 2.45) is 0 Å². The predicted molar refractivity (Wildman–Crippen MR) is 92.2 cm³/mol. The molecule has 22 heavy (non-hydrogen) atoms. The van der Waals surface area contributed by atoms with E-state index in [0.29, 0.717) is 5.75 Å². The van der Waals surface area contributed by atoms with Gasteiger partial charge in [-0.3, -0.25) is 10.1 Å². The lowest BCUT2D eigenvalue weighted by Crippen LogP contribution is -2.37. The Hall–Kier alpha value is -2.40. The smallest absolute Gasteiger partial charge is 0.264 e. The first kappa shape index (κ1) is 16.0. The molecule has 2 N–H and O–H groups in total. The second kappa shape index (κ2) is 7.56. The Kier molecular flexibility index (Phi) is 5.49. The summed E-state index contributed by atoms with van der Waals surface area (Å²) in [6, 6.07) is 15.2. The molecule has 0 aliphatic carbocycles. The minimum atomic E-state index is -0.301. The van der Waals surface area contributed by atoms with E-state index < -0.39 is 0 Å². The van der Waals surface area contributed by atoms with E-state index in [1.54, 1.807) is 0 Å². The van der Waals surface area contributed by atoms with Crippen LogP contribution in [0.3, 0.4) is 0 Å². The van der Waals surface area contributed by atoms with Gasteiger partial charge in [-0.25, -0.2) is 0 Å². The molecule has 114 valence electrons. The van der Waals surface area contributed by atoms with Gasteiger partial charge >= 0.3 is 0 Å². The van der Waals surface area contributed by atoms with Crippen molar-refractivity contribution in [1.29, 1.82) is 0 Å². The van der Waals surface area contributed by atoms with Crippen LogP contribution in [0.5, 0.6) is 5.75 Å². The van der Waals surface area contributed by atoms with E-state index in [1.807, 2.05) is 62.4 Å². The van der Waals surface area contributed by atoms with Crippen LogP contribution in [0.15, 0.2) is 48.5 Å². The summed E-state index contributed by atoms with van der Waals surface area (Å²) in [6.45, 7) is 3.91. The van der Waals surface area contributed by atoms with E-state index in [4.69, 9.17) is 17.0 Å². The van der Waals surface area contributed by atoms with Crippen LogP contribution in [-0.2, 0) is 4.79 Å². The van der Waals surface area contributed by atoms with Gasteiger partial charge in [0.2, 0.25) is 0 Å². The van der Waals surface area contributed by atoms with Crippen LogP contribution < -0.4 is 15.4 Å². The summed E-state index contributed by atoms with van der Waals surface area (Å²) in [7, 11) is 0. The number of hydrogen-bond donors (Lipinski definition) is 2. The number of carbonyl (C=O) groups excluding carboxylic acids is 1. The molecule has 0 fully saturated rings. The molecule has 4 nitrogen and oxygen atoms in total. The zero-order valence-electron chi connectivity index (χ0n) is 12.6. The Balaban J connectivity index is 1.77. The summed E-state index contributed by atoms with van der Waals surface area (Å²) in [5.74, 6) is 0.350. The molecule has 0 unspecified atom stereocenters. The van der Waals surface area contributed by atoms with Gasteiger partial charge in [0.25, 0.3) is 5.91 Å². The topological polar surface area (TPSA) is 50.4 Å². The third kappa shape index (κ3) is 5.18. The van der Waals surface area contributed by atoms with E-state index >= 15 is 0 Å². The van der Waals surface area contributed by atoms with Crippen molar-refractivity contribution in [2.45, 2.75) is 13.8 Å². The van der Waals surface area contributed by atoms with Crippen LogP contribution >= 0.6 is 12.2 Å². The second-order valence-electron chi connectivity index (χ2n) is 4.97. The molecule has 0 radical (unpaired) electrons. The molecular formula is C17H18N2O2S. The zero-order valence-corrected chi connectivity index (χ0v) is 13.4. The van der Waals surface area contributed by atoms with Crippen molar-refractivity contribution < 1.29 is 9.53 Å². The van der Waals surface area contributed by atoms with Crippen LogP contribution in [-0.4, -0.2) is 17.6 Å². The fraction of sp³-hybridized carbons (Fsp3) is 0.176. The number of nitrogens with one attached hydrogen (secondary N) is 2. The molecule has 2 rings (SSSR count). The maximum atomic E-state index is 11.8. The molecule has 5 heteroatoms. The number of ether oxygens (including phenoxy) is 1. The summed E-state index contributed by atoms with van der Waals surface area (Å²) in [5, 5.41) is 5.78. The highest BCUT2D eigenvalue weighted by atomic mass is 32.1. The number of carbonyl (C=O) groups is 1. The first-order chi connectivity index (χ1) is 10.5. The van der Waals surface area contributed by atoms with Gasteiger partial charge in [-0.05, 0) is 50.3 Å². The van der Waals surface area contributed by atoms with Gasteiger partial charge in [-0.15, -0.1) is 0 Å². The van der Waals surface area contributed by atoms with Gasteiger partial charge in [-0.1, -0.05) is 35.4 Å². The monoisotopic (exact) mass is 314 g/mol. The Morgan fingerprint density at radius 1 is 1.00 bits per heavy atom. The Morgan fingerprint density at radius 2 is 1.55 bits per heavy atom. The first-order valence-corrected chi connectivity index (χ1v) is 7.31. The number of aryl methyl sites for hydroxylation is 2.